The highest BCUT2D eigenvalue weighted by Crippen LogP contribution is 2.34. The molecule has 1 aliphatic rings. The Labute approximate surface area is 103 Å². The molecule has 3 rings (SSSR count). The Balaban J connectivity index is 2.17. The topological polar surface area (TPSA) is 74.8 Å². The van der Waals surface area contributed by atoms with Crippen LogP contribution in [0.15, 0.2) is 29.3 Å². The molecule has 18 heavy (non-hydrogen) atoms. The van der Waals surface area contributed by atoms with Crippen molar-refractivity contribution in [2.45, 2.75) is 13.3 Å². The van der Waals surface area contributed by atoms with Crippen molar-refractivity contribution >= 4 is 11.6 Å². The fourth-order valence-electron chi connectivity index (χ4n) is 2.24. The maximum absolute atomic E-state index is 11.8. The summed E-state index contributed by atoms with van der Waals surface area (Å²) in [5.74, 6) is -0.259. The summed E-state index contributed by atoms with van der Waals surface area (Å²) in [5.41, 5.74) is 3.95. The number of aromatic amines is 1. The lowest BCUT2D eigenvalue weighted by Crippen LogP contribution is -2.18. The molecule has 2 heterocycles. The lowest BCUT2D eigenvalue weighted by Gasteiger charge is -2.05. The van der Waals surface area contributed by atoms with Crippen LogP contribution in [0.4, 0.5) is 5.69 Å². The average molecular weight is 241 g/mol. The Morgan fingerprint density at radius 3 is 3.06 bits per heavy atom. The first-order valence-electron chi connectivity index (χ1n) is 5.62. The number of nitrogens with zero attached hydrogens (tertiary/aromatic N) is 1. The Hall–Kier alpha value is -2.43. The fourth-order valence-corrected chi connectivity index (χ4v) is 2.24. The summed E-state index contributed by atoms with van der Waals surface area (Å²) >= 11 is 0. The number of fused-ring (bicyclic) bond motifs is 3. The number of carbonyl (C=O) groups is 1. The van der Waals surface area contributed by atoms with Gasteiger partial charge < -0.3 is 10.3 Å². The smallest absolute Gasteiger partial charge is 0.271 e. The Morgan fingerprint density at radius 2 is 2.28 bits per heavy atom. The molecule has 0 saturated carbocycles. The molecule has 0 atom stereocenters. The van der Waals surface area contributed by atoms with E-state index in [1.165, 1.54) is 6.92 Å². The van der Waals surface area contributed by atoms with Gasteiger partial charge >= 0.3 is 0 Å². The first-order valence-corrected chi connectivity index (χ1v) is 5.62. The van der Waals surface area contributed by atoms with E-state index in [1.54, 1.807) is 18.5 Å². The van der Waals surface area contributed by atoms with Crippen LogP contribution in [0.25, 0.3) is 11.1 Å². The lowest BCUT2D eigenvalue weighted by molar-refractivity contribution is -0.114. The minimum atomic E-state index is -0.273. The molecule has 0 spiro atoms. The van der Waals surface area contributed by atoms with Crippen LogP contribution in [-0.4, -0.2) is 15.9 Å². The zero-order valence-electron chi connectivity index (χ0n) is 9.78. The molecule has 0 bridgehead atoms. The number of hydrogen-bond donors (Lipinski definition) is 2. The Kier molecular flexibility index (Phi) is 2.26. The van der Waals surface area contributed by atoms with Gasteiger partial charge in [-0.3, -0.25) is 14.6 Å². The summed E-state index contributed by atoms with van der Waals surface area (Å²) in [4.78, 5) is 29.7. The SMILES string of the molecule is CC(=O)Nc1cc2c([nH]c1=O)Cc1ccncc1-2. The highest BCUT2D eigenvalue weighted by molar-refractivity contribution is 5.90. The molecule has 2 aromatic heterocycles. The van der Waals surface area contributed by atoms with Crippen molar-refractivity contribution in [3.63, 3.8) is 0 Å². The van der Waals surface area contributed by atoms with Gasteiger partial charge in [-0.05, 0) is 17.7 Å². The highest BCUT2D eigenvalue weighted by atomic mass is 16.2. The van der Waals surface area contributed by atoms with Gasteiger partial charge in [-0.25, -0.2) is 0 Å². The summed E-state index contributed by atoms with van der Waals surface area (Å²) < 4.78 is 0. The van der Waals surface area contributed by atoms with Crippen LogP contribution in [-0.2, 0) is 11.2 Å². The number of amides is 1. The third-order valence-corrected chi connectivity index (χ3v) is 3.00. The van der Waals surface area contributed by atoms with Gasteiger partial charge in [0.15, 0.2) is 0 Å². The molecule has 1 aliphatic carbocycles. The number of carbonyl (C=O) groups excluding carboxylic acids is 1. The summed E-state index contributed by atoms with van der Waals surface area (Å²) in [7, 11) is 0. The van der Waals surface area contributed by atoms with E-state index in [1.807, 2.05) is 6.07 Å². The monoisotopic (exact) mass is 241 g/mol. The highest BCUT2D eigenvalue weighted by Gasteiger charge is 2.20. The van der Waals surface area contributed by atoms with Crippen molar-refractivity contribution in [2.75, 3.05) is 5.32 Å². The Morgan fingerprint density at radius 1 is 1.44 bits per heavy atom. The van der Waals surface area contributed by atoms with Crippen molar-refractivity contribution in [2.24, 2.45) is 0 Å². The molecular weight excluding hydrogens is 230 g/mol. The van der Waals surface area contributed by atoms with Gasteiger partial charge in [-0.1, -0.05) is 0 Å². The van der Waals surface area contributed by atoms with Crippen molar-refractivity contribution in [1.82, 2.24) is 9.97 Å². The van der Waals surface area contributed by atoms with E-state index in [0.717, 1.165) is 22.4 Å². The summed E-state index contributed by atoms with van der Waals surface area (Å²) in [6, 6.07) is 3.65. The molecule has 0 fully saturated rings. The number of anilines is 1. The first kappa shape index (κ1) is 10.7. The van der Waals surface area contributed by atoms with E-state index in [2.05, 4.69) is 15.3 Å². The zero-order valence-corrected chi connectivity index (χ0v) is 9.78. The quantitative estimate of drug-likeness (QED) is 0.674. The number of nitrogens with one attached hydrogen (secondary N) is 2. The van der Waals surface area contributed by atoms with Crippen molar-refractivity contribution in [1.29, 1.82) is 0 Å². The minimum Gasteiger partial charge on any atom is -0.323 e. The molecule has 5 nitrogen and oxygen atoms in total. The van der Waals surface area contributed by atoms with E-state index >= 15 is 0 Å². The third kappa shape index (κ3) is 1.60. The van der Waals surface area contributed by atoms with Gasteiger partial charge in [0, 0.05) is 42.6 Å². The molecule has 0 saturated heterocycles. The maximum Gasteiger partial charge on any atom is 0.271 e. The van der Waals surface area contributed by atoms with Crippen molar-refractivity contribution < 1.29 is 4.79 Å². The molecule has 0 aromatic carbocycles. The van der Waals surface area contributed by atoms with Gasteiger partial charge in [0.2, 0.25) is 5.91 Å². The normalized spacial score (nSPS) is 11.8. The van der Waals surface area contributed by atoms with Crippen LogP contribution in [0, 0.1) is 0 Å². The number of hydrogen-bond acceptors (Lipinski definition) is 3. The van der Waals surface area contributed by atoms with Crippen LogP contribution in [0.1, 0.15) is 18.2 Å². The van der Waals surface area contributed by atoms with Crippen LogP contribution in [0.5, 0.6) is 0 Å². The molecule has 90 valence electrons. The molecule has 0 aliphatic heterocycles. The maximum atomic E-state index is 11.8. The van der Waals surface area contributed by atoms with E-state index in [4.69, 9.17) is 0 Å². The van der Waals surface area contributed by atoms with Gasteiger partial charge in [-0.15, -0.1) is 0 Å². The van der Waals surface area contributed by atoms with Gasteiger partial charge in [-0.2, -0.15) is 0 Å². The lowest BCUT2D eigenvalue weighted by atomic mass is 10.1. The number of rotatable bonds is 1. The zero-order chi connectivity index (χ0) is 12.7. The van der Waals surface area contributed by atoms with Gasteiger partial charge in [0.25, 0.3) is 5.56 Å². The first-order chi connectivity index (χ1) is 8.65. The molecular formula is C13H11N3O2. The van der Waals surface area contributed by atoms with Crippen LogP contribution in [0.2, 0.25) is 0 Å². The predicted molar refractivity (Wildman–Crippen MR) is 67.4 cm³/mol. The molecule has 0 radical (unpaired) electrons. The standard InChI is InChI=1S/C13H11N3O2/c1-7(17)15-12-5-9-10-6-14-3-2-8(10)4-11(9)16-13(12)18/h2-3,5-6H,4H2,1H3,(H,15,17)(H,16,18). The second-order valence-corrected chi connectivity index (χ2v) is 4.30. The number of pyridine rings is 2. The van der Waals surface area contributed by atoms with Crippen molar-refractivity contribution in [3.05, 3.63) is 46.1 Å². The summed E-state index contributed by atoms with van der Waals surface area (Å²) in [6.45, 7) is 1.38. The van der Waals surface area contributed by atoms with Gasteiger partial charge in [0.05, 0.1) is 0 Å². The largest absolute Gasteiger partial charge is 0.323 e. The van der Waals surface area contributed by atoms with Crippen LogP contribution < -0.4 is 10.9 Å². The fraction of sp³-hybridized carbons (Fsp3) is 0.154. The molecule has 2 aromatic rings. The van der Waals surface area contributed by atoms with E-state index in [0.29, 0.717) is 6.42 Å². The predicted octanol–water partition coefficient (Wildman–Crippen LogP) is 1.30. The number of aromatic nitrogens is 2. The van der Waals surface area contributed by atoms with E-state index in [-0.39, 0.29) is 17.2 Å². The second kappa shape index (κ2) is 3.80. The summed E-state index contributed by atoms with van der Waals surface area (Å²) in [6.07, 6.45) is 4.21. The van der Waals surface area contributed by atoms with Crippen molar-refractivity contribution in [3.8, 4) is 11.1 Å². The minimum absolute atomic E-state index is 0.259. The summed E-state index contributed by atoms with van der Waals surface area (Å²) in [5, 5.41) is 2.53. The molecule has 0 unspecified atom stereocenters. The molecule has 2 N–H and O–H groups in total. The molecule has 1 amide bonds. The van der Waals surface area contributed by atoms with Crippen LogP contribution >= 0.6 is 0 Å². The second-order valence-electron chi connectivity index (χ2n) is 4.30. The van der Waals surface area contributed by atoms with Gasteiger partial charge in [0.1, 0.15) is 5.69 Å². The van der Waals surface area contributed by atoms with E-state index in [9.17, 15) is 9.59 Å². The third-order valence-electron chi connectivity index (χ3n) is 3.00. The molecule has 5 heteroatoms. The Bertz CT molecular complexity index is 704. The van der Waals surface area contributed by atoms with Crippen LogP contribution in [0.3, 0.4) is 0 Å². The van der Waals surface area contributed by atoms with E-state index < -0.39 is 0 Å². The number of H-pyrrole nitrogens is 1. The average Bonchev–Trinajstić information content (AvgIpc) is 2.66.